The van der Waals surface area contributed by atoms with Gasteiger partial charge >= 0.3 is 6.03 Å². The number of hydrogen-bond acceptors (Lipinski definition) is 4. The highest BCUT2D eigenvalue weighted by atomic mass is 32.2. The van der Waals surface area contributed by atoms with E-state index < -0.39 is 22.1 Å². The fourth-order valence-corrected chi connectivity index (χ4v) is 5.19. The van der Waals surface area contributed by atoms with E-state index in [1.807, 2.05) is 0 Å². The molecule has 1 aromatic rings. The van der Waals surface area contributed by atoms with E-state index in [0.717, 1.165) is 32.1 Å². The zero-order valence-electron chi connectivity index (χ0n) is 15.3. The highest BCUT2D eigenvalue weighted by Crippen LogP contribution is 2.23. The van der Waals surface area contributed by atoms with E-state index in [1.54, 1.807) is 12.1 Å². The number of anilines is 1. The lowest BCUT2D eigenvalue weighted by Gasteiger charge is -2.22. The van der Waals surface area contributed by atoms with Gasteiger partial charge in [0.1, 0.15) is 6.04 Å². The molecule has 0 unspecified atom stereocenters. The largest absolute Gasteiger partial charge is 0.351 e. The third-order valence-corrected chi connectivity index (χ3v) is 7.08. The molecule has 2 fully saturated rings. The van der Waals surface area contributed by atoms with Crippen molar-refractivity contribution in [1.29, 1.82) is 0 Å². The van der Waals surface area contributed by atoms with Crippen LogP contribution >= 0.6 is 0 Å². The predicted molar refractivity (Wildman–Crippen MR) is 102 cm³/mol. The van der Waals surface area contributed by atoms with Gasteiger partial charge in [0, 0.05) is 25.3 Å². The maximum Gasteiger partial charge on any atom is 0.315 e. The molecule has 148 valence electrons. The van der Waals surface area contributed by atoms with Gasteiger partial charge in [0.2, 0.25) is 15.9 Å². The van der Waals surface area contributed by atoms with Gasteiger partial charge in [-0.15, -0.1) is 0 Å². The number of rotatable bonds is 4. The number of nitrogens with two attached hydrogens (primary N) is 1. The predicted octanol–water partition coefficient (Wildman–Crippen LogP) is 1.73. The first-order valence-corrected chi connectivity index (χ1v) is 10.8. The maximum atomic E-state index is 12.8. The van der Waals surface area contributed by atoms with Gasteiger partial charge < -0.3 is 16.0 Å². The fourth-order valence-electron chi connectivity index (χ4n) is 3.67. The Balaban J connectivity index is 1.68. The van der Waals surface area contributed by atoms with Gasteiger partial charge in [-0.2, -0.15) is 4.31 Å². The van der Waals surface area contributed by atoms with Crippen molar-refractivity contribution in [2.24, 2.45) is 5.73 Å². The topological polar surface area (TPSA) is 113 Å². The van der Waals surface area contributed by atoms with E-state index >= 15 is 0 Å². The van der Waals surface area contributed by atoms with Crippen molar-refractivity contribution in [1.82, 2.24) is 9.21 Å². The zero-order valence-corrected chi connectivity index (χ0v) is 16.1. The Morgan fingerprint density at radius 3 is 2.19 bits per heavy atom. The Kier molecular flexibility index (Phi) is 6.01. The molecule has 0 aliphatic carbocycles. The summed E-state index contributed by atoms with van der Waals surface area (Å²) in [4.78, 5) is 25.4. The van der Waals surface area contributed by atoms with Gasteiger partial charge in [-0.05, 0) is 49.9 Å². The second-order valence-electron chi connectivity index (χ2n) is 7.02. The number of carbonyl (C=O) groups excluding carboxylic acids is 2. The van der Waals surface area contributed by atoms with Crippen LogP contribution < -0.4 is 11.1 Å². The second kappa shape index (κ2) is 8.26. The van der Waals surface area contributed by atoms with E-state index in [-0.39, 0.29) is 10.8 Å². The summed E-state index contributed by atoms with van der Waals surface area (Å²) >= 11 is 0. The summed E-state index contributed by atoms with van der Waals surface area (Å²) in [7, 11) is -3.52. The average Bonchev–Trinajstić information content (AvgIpc) is 2.97. The van der Waals surface area contributed by atoms with Gasteiger partial charge in [0.05, 0.1) is 4.90 Å². The van der Waals surface area contributed by atoms with E-state index in [2.05, 4.69) is 5.32 Å². The van der Waals surface area contributed by atoms with Crippen molar-refractivity contribution in [2.75, 3.05) is 25.0 Å². The third kappa shape index (κ3) is 4.41. The van der Waals surface area contributed by atoms with Gasteiger partial charge in [-0.25, -0.2) is 13.2 Å². The smallest absolute Gasteiger partial charge is 0.315 e. The molecule has 9 heteroatoms. The number of carbonyl (C=O) groups is 2. The van der Waals surface area contributed by atoms with Crippen LogP contribution in [0.15, 0.2) is 29.2 Å². The number of benzene rings is 1. The minimum atomic E-state index is -3.52. The van der Waals surface area contributed by atoms with Gasteiger partial charge in [-0.1, -0.05) is 12.8 Å². The fraction of sp³-hybridized carbons (Fsp3) is 0.556. The number of nitrogens with one attached hydrogen (secondary N) is 1. The van der Waals surface area contributed by atoms with Gasteiger partial charge in [0.25, 0.3) is 0 Å². The molecule has 3 amide bonds. The summed E-state index contributed by atoms with van der Waals surface area (Å²) in [5.41, 5.74) is 5.80. The van der Waals surface area contributed by atoms with Crippen LogP contribution in [0.2, 0.25) is 0 Å². The van der Waals surface area contributed by atoms with Crippen molar-refractivity contribution >= 4 is 27.6 Å². The number of sulfonamides is 1. The number of likely N-dealkylation sites (tertiary alicyclic amines) is 1. The Hall–Kier alpha value is -2.13. The lowest BCUT2D eigenvalue weighted by atomic mass is 10.2. The Morgan fingerprint density at radius 2 is 1.59 bits per heavy atom. The average molecular weight is 394 g/mol. The van der Waals surface area contributed by atoms with Gasteiger partial charge in [-0.3, -0.25) is 4.79 Å². The van der Waals surface area contributed by atoms with Crippen LogP contribution in [-0.4, -0.2) is 55.2 Å². The highest BCUT2D eigenvalue weighted by molar-refractivity contribution is 7.89. The second-order valence-corrected chi connectivity index (χ2v) is 8.96. The van der Waals surface area contributed by atoms with E-state index in [0.29, 0.717) is 31.7 Å². The molecule has 2 aliphatic heterocycles. The van der Waals surface area contributed by atoms with Gasteiger partial charge in [0.15, 0.2) is 0 Å². The highest BCUT2D eigenvalue weighted by Gasteiger charge is 2.33. The molecule has 0 spiro atoms. The van der Waals surface area contributed by atoms with Crippen LogP contribution in [0.5, 0.6) is 0 Å². The molecule has 27 heavy (non-hydrogen) atoms. The van der Waals surface area contributed by atoms with Crippen molar-refractivity contribution in [3.63, 3.8) is 0 Å². The number of urea groups is 1. The molecular formula is C18H26N4O4S. The van der Waals surface area contributed by atoms with Crippen LogP contribution in [0.3, 0.4) is 0 Å². The molecule has 2 aliphatic rings. The zero-order chi connectivity index (χ0) is 19.4. The Bertz CT molecular complexity index is 786. The van der Waals surface area contributed by atoms with E-state index in [1.165, 1.54) is 21.3 Å². The minimum absolute atomic E-state index is 0.224. The summed E-state index contributed by atoms with van der Waals surface area (Å²) in [6.45, 7) is 1.57. The Morgan fingerprint density at radius 1 is 0.963 bits per heavy atom. The quantitative estimate of drug-likeness (QED) is 0.810. The van der Waals surface area contributed by atoms with Crippen LogP contribution in [0.25, 0.3) is 0 Å². The van der Waals surface area contributed by atoms with Crippen LogP contribution in [0.4, 0.5) is 10.5 Å². The minimum Gasteiger partial charge on any atom is -0.351 e. The summed E-state index contributed by atoms with van der Waals surface area (Å²) < 4.78 is 27.1. The number of primary amides is 1. The molecule has 0 radical (unpaired) electrons. The van der Waals surface area contributed by atoms with Crippen molar-refractivity contribution in [2.45, 2.75) is 49.5 Å². The van der Waals surface area contributed by atoms with Crippen LogP contribution in [0.1, 0.15) is 38.5 Å². The Labute approximate surface area is 159 Å². The van der Waals surface area contributed by atoms with Crippen molar-refractivity contribution in [3.8, 4) is 0 Å². The molecule has 0 saturated carbocycles. The lowest BCUT2D eigenvalue weighted by molar-refractivity contribution is -0.119. The molecule has 3 N–H and O–H groups in total. The molecule has 0 aromatic heterocycles. The molecule has 3 rings (SSSR count). The lowest BCUT2D eigenvalue weighted by Crippen LogP contribution is -2.45. The van der Waals surface area contributed by atoms with Crippen LogP contribution in [0, 0.1) is 0 Å². The molecule has 1 atom stereocenters. The van der Waals surface area contributed by atoms with E-state index in [9.17, 15) is 18.0 Å². The summed E-state index contributed by atoms with van der Waals surface area (Å²) in [6.07, 6.45) is 5.17. The molecule has 1 aromatic carbocycles. The van der Waals surface area contributed by atoms with Crippen LogP contribution in [-0.2, 0) is 14.8 Å². The number of nitrogens with zero attached hydrogens (tertiary/aromatic N) is 2. The SMILES string of the molecule is NC(=O)N1CCC[C@H]1C(=O)Nc1ccc(S(=O)(=O)N2CCCCCC2)cc1. The van der Waals surface area contributed by atoms with E-state index in [4.69, 9.17) is 5.73 Å². The molecule has 2 heterocycles. The first-order valence-electron chi connectivity index (χ1n) is 9.37. The normalized spacial score (nSPS) is 21.6. The number of amides is 3. The first kappa shape index (κ1) is 19.6. The summed E-state index contributed by atoms with van der Waals surface area (Å²) in [6, 6.07) is 4.99. The molecule has 8 nitrogen and oxygen atoms in total. The monoisotopic (exact) mass is 394 g/mol. The molecular weight excluding hydrogens is 368 g/mol. The molecule has 0 bridgehead atoms. The maximum absolute atomic E-state index is 12.8. The third-order valence-electron chi connectivity index (χ3n) is 5.16. The number of hydrogen-bond donors (Lipinski definition) is 2. The first-order chi connectivity index (χ1) is 12.9. The van der Waals surface area contributed by atoms with Crippen molar-refractivity contribution < 1.29 is 18.0 Å². The molecule has 2 saturated heterocycles. The summed E-state index contributed by atoms with van der Waals surface area (Å²) in [5.74, 6) is -0.311. The standard InChI is InChI=1S/C18H26N4O4S/c19-18(24)22-13-5-6-16(22)17(23)20-14-7-9-15(10-8-14)27(25,26)21-11-3-1-2-4-12-21/h7-10,16H,1-6,11-13H2,(H2,19,24)(H,20,23)/t16-/m0/s1. The van der Waals surface area contributed by atoms with Crippen molar-refractivity contribution in [3.05, 3.63) is 24.3 Å². The summed E-state index contributed by atoms with van der Waals surface area (Å²) in [5, 5.41) is 2.74.